The monoisotopic (exact) mass is 330 g/mol. The lowest BCUT2D eigenvalue weighted by Gasteiger charge is -2.26. The van der Waals surface area contributed by atoms with Crippen molar-refractivity contribution in [3.05, 3.63) is 0 Å². The van der Waals surface area contributed by atoms with Crippen molar-refractivity contribution in [3.8, 4) is 0 Å². The van der Waals surface area contributed by atoms with Gasteiger partial charge in [0, 0.05) is 31.6 Å². The molecule has 1 rings (SSSR count). The highest BCUT2D eigenvalue weighted by Crippen LogP contribution is 2.06. The second kappa shape index (κ2) is 7.65. The number of morpholine rings is 1. The molecule has 0 amide bonds. The maximum Gasteiger partial charge on any atom is 0.279 e. The summed E-state index contributed by atoms with van der Waals surface area (Å²) in [6.07, 6.45) is 0.692. The van der Waals surface area contributed by atoms with Gasteiger partial charge in [0.2, 0.25) is 0 Å². The fourth-order valence-corrected chi connectivity index (χ4v) is 3.17. The Morgan fingerprint density at radius 3 is 2.71 bits per heavy atom. The quantitative estimate of drug-likeness (QED) is 0.665. The first-order valence-corrected chi connectivity index (χ1v) is 7.87. The predicted molar refractivity (Wildman–Crippen MR) is 68.5 cm³/mol. The summed E-state index contributed by atoms with van der Waals surface area (Å²) in [6.45, 7) is 2.74. The second-order valence-electron chi connectivity index (χ2n) is 3.75. The fourth-order valence-electron chi connectivity index (χ4n) is 1.49. The van der Waals surface area contributed by atoms with Gasteiger partial charge in [0.1, 0.15) is 0 Å². The number of alkyl halides is 1. The summed E-state index contributed by atoms with van der Waals surface area (Å²) in [5, 5.41) is 0. The zero-order chi connectivity index (χ0) is 12.7. The number of rotatable bonds is 7. The zero-order valence-electron chi connectivity index (χ0n) is 9.89. The first-order chi connectivity index (χ1) is 8.06. The molecule has 1 aliphatic rings. The van der Waals surface area contributed by atoms with Crippen LogP contribution in [0.25, 0.3) is 0 Å². The molecule has 0 aromatic heterocycles. The summed E-state index contributed by atoms with van der Waals surface area (Å²) >= 11 is 3.41. The number of methoxy groups -OCH3 is 1. The van der Waals surface area contributed by atoms with Crippen LogP contribution < -0.4 is 4.72 Å². The van der Waals surface area contributed by atoms with Gasteiger partial charge in [0.15, 0.2) is 0 Å². The van der Waals surface area contributed by atoms with Crippen molar-refractivity contribution in [2.45, 2.75) is 11.2 Å². The van der Waals surface area contributed by atoms with Gasteiger partial charge in [-0.3, -0.25) is 0 Å². The minimum atomic E-state index is -3.35. The molecule has 1 saturated heterocycles. The Balaban J connectivity index is 2.29. The third kappa shape index (κ3) is 5.62. The van der Waals surface area contributed by atoms with Crippen LogP contribution >= 0.6 is 15.9 Å². The molecule has 0 aliphatic carbocycles. The molecule has 1 heterocycles. The molecule has 0 bridgehead atoms. The molecule has 0 radical (unpaired) electrons. The van der Waals surface area contributed by atoms with Crippen molar-refractivity contribution < 1.29 is 17.9 Å². The molecular formula is C9H19BrN2O4S. The van der Waals surface area contributed by atoms with Crippen molar-refractivity contribution in [2.75, 3.05) is 46.6 Å². The number of hydrogen-bond acceptors (Lipinski definition) is 4. The van der Waals surface area contributed by atoms with Gasteiger partial charge < -0.3 is 9.47 Å². The Hall–Kier alpha value is 0.270. The van der Waals surface area contributed by atoms with Gasteiger partial charge in [-0.05, 0) is 6.42 Å². The number of nitrogens with one attached hydrogen (secondary N) is 1. The standard InChI is InChI=1S/C9H19BrN2O4S/c1-15-8-9(10)2-3-11-17(13,14)12-4-6-16-7-5-12/h9,11H,2-8H2,1H3. The molecule has 6 nitrogen and oxygen atoms in total. The van der Waals surface area contributed by atoms with E-state index in [4.69, 9.17) is 9.47 Å². The Kier molecular flexibility index (Phi) is 6.90. The number of nitrogens with zero attached hydrogens (tertiary/aromatic N) is 1. The van der Waals surface area contributed by atoms with Crippen molar-refractivity contribution in [3.63, 3.8) is 0 Å². The summed E-state index contributed by atoms with van der Waals surface area (Å²) in [7, 11) is -1.74. The second-order valence-corrected chi connectivity index (χ2v) is 6.80. The summed E-state index contributed by atoms with van der Waals surface area (Å²) in [5.74, 6) is 0. The van der Waals surface area contributed by atoms with Crippen LogP contribution in [0.5, 0.6) is 0 Å². The average Bonchev–Trinajstić information content (AvgIpc) is 2.30. The van der Waals surface area contributed by atoms with E-state index in [1.165, 1.54) is 4.31 Å². The largest absolute Gasteiger partial charge is 0.384 e. The SMILES string of the molecule is COCC(Br)CCNS(=O)(=O)N1CCOCC1. The third-order valence-electron chi connectivity index (χ3n) is 2.40. The van der Waals surface area contributed by atoms with Gasteiger partial charge >= 0.3 is 0 Å². The minimum Gasteiger partial charge on any atom is -0.384 e. The average molecular weight is 331 g/mol. The van der Waals surface area contributed by atoms with E-state index in [1.54, 1.807) is 7.11 Å². The lowest BCUT2D eigenvalue weighted by Crippen LogP contribution is -2.47. The van der Waals surface area contributed by atoms with E-state index in [0.717, 1.165) is 0 Å². The fraction of sp³-hybridized carbons (Fsp3) is 1.00. The molecule has 1 N–H and O–H groups in total. The van der Waals surface area contributed by atoms with Gasteiger partial charge in [-0.15, -0.1) is 0 Å². The Morgan fingerprint density at radius 1 is 1.47 bits per heavy atom. The summed E-state index contributed by atoms with van der Waals surface area (Å²) in [5.41, 5.74) is 0. The molecule has 1 fully saturated rings. The van der Waals surface area contributed by atoms with Gasteiger partial charge in [-0.2, -0.15) is 12.7 Å². The number of ether oxygens (including phenoxy) is 2. The van der Waals surface area contributed by atoms with Gasteiger partial charge in [-0.25, -0.2) is 4.72 Å². The van der Waals surface area contributed by atoms with Crippen LogP contribution in [0.3, 0.4) is 0 Å². The molecular weight excluding hydrogens is 312 g/mol. The van der Waals surface area contributed by atoms with Crippen LogP contribution in [-0.2, 0) is 19.7 Å². The third-order valence-corrected chi connectivity index (χ3v) is 4.74. The number of hydrogen-bond donors (Lipinski definition) is 1. The lowest BCUT2D eigenvalue weighted by atomic mass is 10.3. The zero-order valence-corrected chi connectivity index (χ0v) is 12.3. The highest BCUT2D eigenvalue weighted by molar-refractivity contribution is 9.09. The van der Waals surface area contributed by atoms with E-state index in [2.05, 4.69) is 20.7 Å². The van der Waals surface area contributed by atoms with Gasteiger partial charge in [-0.1, -0.05) is 15.9 Å². The first-order valence-electron chi connectivity index (χ1n) is 5.52. The van der Waals surface area contributed by atoms with Crippen molar-refractivity contribution in [1.29, 1.82) is 0 Å². The van der Waals surface area contributed by atoms with Crippen LogP contribution in [-0.4, -0.2) is 64.1 Å². The predicted octanol–water partition coefficient (Wildman–Crippen LogP) is -0.0470. The topological polar surface area (TPSA) is 67.9 Å². The molecule has 0 aromatic carbocycles. The van der Waals surface area contributed by atoms with Gasteiger partial charge in [0.05, 0.1) is 19.8 Å². The van der Waals surface area contributed by atoms with E-state index >= 15 is 0 Å². The van der Waals surface area contributed by atoms with Crippen LogP contribution in [0.15, 0.2) is 0 Å². The summed E-state index contributed by atoms with van der Waals surface area (Å²) in [4.78, 5) is 0.167. The highest BCUT2D eigenvalue weighted by atomic mass is 79.9. The maximum atomic E-state index is 11.8. The van der Waals surface area contributed by atoms with E-state index in [0.29, 0.717) is 45.9 Å². The molecule has 1 unspecified atom stereocenters. The smallest absolute Gasteiger partial charge is 0.279 e. The molecule has 1 aliphatic heterocycles. The first kappa shape index (κ1) is 15.3. The van der Waals surface area contributed by atoms with E-state index in [9.17, 15) is 8.42 Å². The normalized spacial score (nSPS) is 20.4. The minimum absolute atomic E-state index is 0.167. The highest BCUT2D eigenvalue weighted by Gasteiger charge is 2.23. The maximum absolute atomic E-state index is 11.8. The molecule has 0 saturated carbocycles. The van der Waals surface area contributed by atoms with Crippen molar-refractivity contribution in [1.82, 2.24) is 9.03 Å². The Labute approximate surface area is 111 Å². The van der Waals surface area contributed by atoms with E-state index < -0.39 is 10.2 Å². The van der Waals surface area contributed by atoms with Crippen LogP contribution in [0.1, 0.15) is 6.42 Å². The van der Waals surface area contributed by atoms with Crippen LogP contribution in [0, 0.1) is 0 Å². The molecule has 17 heavy (non-hydrogen) atoms. The van der Waals surface area contributed by atoms with E-state index in [-0.39, 0.29) is 4.83 Å². The van der Waals surface area contributed by atoms with E-state index in [1.807, 2.05) is 0 Å². The van der Waals surface area contributed by atoms with Crippen molar-refractivity contribution in [2.24, 2.45) is 0 Å². The molecule has 0 spiro atoms. The van der Waals surface area contributed by atoms with Crippen LogP contribution in [0.4, 0.5) is 0 Å². The number of halogens is 1. The molecule has 102 valence electrons. The van der Waals surface area contributed by atoms with Gasteiger partial charge in [0.25, 0.3) is 10.2 Å². The molecule has 0 aromatic rings. The Morgan fingerprint density at radius 2 is 2.12 bits per heavy atom. The molecule has 1 atom stereocenters. The summed E-state index contributed by atoms with van der Waals surface area (Å²) < 4.78 is 37.7. The van der Waals surface area contributed by atoms with Crippen LogP contribution in [0.2, 0.25) is 0 Å². The van der Waals surface area contributed by atoms with Crippen molar-refractivity contribution >= 4 is 26.1 Å². The summed E-state index contributed by atoms with van der Waals surface area (Å²) in [6, 6.07) is 0. The lowest BCUT2D eigenvalue weighted by molar-refractivity contribution is 0.0725. The molecule has 8 heteroatoms. The Bertz CT molecular complexity index is 306.